The molecule has 0 unspecified atom stereocenters. The van der Waals surface area contributed by atoms with Crippen molar-refractivity contribution >= 4 is 17.3 Å². The summed E-state index contributed by atoms with van der Waals surface area (Å²) in [5, 5.41) is 0.0803. The molecule has 0 aliphatic carbocycles. The lowest BCUT2D eigenvalue weighted by atomic mass is 10.2. The van der Waals surface area contributed by atoms with Crippen LogP contribution in [0, 0.1) is 6.92 Å². The maximum Gasteiger partial charge on any atom is 0.422 e. The zero-order chi connectivity index (χ0) is 13.6. The van der Waals surface area contributed by atoms with Gasteiger partial charge in [0.15, 0.2) is 6.61 Å². The Bertz CT molecular complexity index is 343. The largest absolute Gasteiger partial charge is 0.482 e. The van der Waals surface area contributed by atoms with Gasteiger partial charge in [-0.2, -0.15) is 13.2 Å². The van der Waals surface area contributed by atoms with Gasteiger partial charge >= 0.3 is 6.18 Å². The molecule has 2 nitrogen and oxygen atoms in total. The molecule has 1 aromatic carbocycles. The molecule has 1 rings (SSSR count). The summed E-state index contributed by atoms with van der Waals surface area (Å²) in [5.74, 6) is 0.0168. The van der Waals surface area contributed by atoms with Crippen LogP contribution in [-0.2, 0) is 0 Å². The highest BCUT2D eigenvalue weighted by Crippen LogP contribution is 2.32. The lowest BCUT2D eigenvalue weighted by Gasteiger charge is -2.13. The van der Waals surface area contributed by atoms with Crippen molar-refractivity contribution in [1.29, 1.82) is 0 Å². The smallest absolute Gasteiger partial charge is 0.422 e. The number of benzene rings is 1. The third-order valence-corrected chi connectivity index (χ3v) is 1.91. The van der Waals surface area contributed by atoms with Crippen molar-refractivity contribution in [3.63, 3.8) is 0 Å². The highest BCUT2D eigenvalue weighted by atomic mass is 35.5. The first-order valence-electron chi connectivity index (χ1n) is 5.05. The van der Waals surface area contributed by atoms with Crippen LogP contribution in [0.4, 0.5) is 18.9 Å². The van der Waals surface area contributed by atoms with E-state index >= 15 is 0 Å². The van der Waals surface area contributed by atoms with Crippen LogP contribution in [0.25, 0.3) is 0 Å². The third-order valence-electron chi connectivity index (χ3n) is 1.63. The molecule has 98 valence electrons. The Morgan fingerprint density at radius 3 is 2.24 bits per heavy atom. The summed E-state index contributed by atoms with van der Waals surface area (Å²) in [5.41, 5.74) is 6.31. The van der Waals surface area contributed by atoms with Crippen LogP contribution in [0.3, 0.4) is 0 Å². The Labute approximate surface area is 104 Å². The number of rotatable bonds is 2. The third kappa shape index (κ3) is 5.68. The molecule has 0 aliphatic rings. The summed E-state index contributed by atoms with van der Waals surface area (Å²) in [6, 6.07) is 2.85. The Morgan fingerprint density at radius 2 is 1.82 bits per heavy atom. The Hall–Kier alpha value is -1.10. The number of aryl methyl sites for hydroxylation is 1. The zero-order valence-electron chi connectivity index (χ0n) is 9.86. The molecule has 0 aromatic heterocycles. The first-order chi connectivity index (χ1) is 7.79. The number of halogens is 4. The minimum atomic E-state index is -4.38. The lowest BCUT2D eigenvalue weighted by Crippen LogP contribution is -2.19. The van der Waals surface area contributed by atoms with E-state index in [9.17, 15) is 13.2 Å². The molecule has 0 saturated heterocycles. The second kappa shape index (κ2) is 6.59. The zero-order valence-corrected chi connectivity index (χ0v) is 10.6. The number of nitrogen functional groups attached to an aromatic ring is 1. The predicted octanol–water partition coefficient (Wildman–Crippen LogP) is 4.20. The van der Waals surface area contributed by atoms with Gasteiger partial charge in [0.2, 0.25) is 0 Å². The molecular formula is C11H15ClF3NO. The molecule has 0 atom stereocenters. The topological polar surface area (TPSA) is 35.2 Å². The summed E-state index contributed by atoms with van der Waals surface area (Å²) in [6.07, 6.45) is -4.38. The quantitative estimate of drug-likeness (QED) is 0.817. The summed E-state index contributed by atoms with van der Waals surface area (Å²) in [7, 11) is 0. The minimum absolute atomic E-state index is 0.0168. The maximum atomic E-state index is 11.9. The Balaban J connectivity index is 0.00000121. The van der Waals surface area contributed by atoms with E-state index in [-0.39, 0.29) is 10.8 Å². The van der Waals surface area contributed by atoms with Gasteiger partial charge in [0.1, 0.15) is 5.75 Å². The summed E-state index contributed by atoms with van der Waals surface area (Å²) < 4.78 is 40.2. The van der Waals surface area contributed by atoms with Crippen LogP contribution >= 0.6 is 11.6 Å². The van der Waals surface area contributed by atoms with Crippen LogP contribution in [0.15, 0.2) is 12.1 Å². The van der Waals surface area contributed by atoms with E-state index < -0.39 is 12.8 Å². The number of anilines is 1. The highest BCUT2D eigenvalue weighted by molar-refractivity contribution is 6.32. The first kappa shape index (κ1) is 15.9. The molecule has 0 aliphatic heterocycles. The van der Waals surface area contributed by atoms with Gasteiger partial charge in [-0.25, -0.2) is 0 Å². The van der Waals surface area contributed by atoms with Gasteiger partial charge in [0, 0.05) is 5.69 Å². The van der Waals surface area contributed by atoms with Crippen molar-refractivity contribution in [3.8, 4) is 5.75 Å². The summed E-state index contributed by atoms with van der Waals surface area (Å²) in [4.78, 5) is 0. The van der Waals surface area contributed by atoms with Crippen molar-refractivity contribution in [2.24, 2.45) is 0 Å². The van der Waals surface area contributed by atoms with Crippen molar-refractivity contribution in [3.05, 3.63) is 22.7 Å². The molecule has 1 aromatic rings. The average molecular weight is 270 g/mol. The number of ether oxygens (including phenoxy) is 1. The molecule has 0 spiro atoms. The van der Waals surface area contributed by atoms with Crippen LogP contribution in [0.2, 0.25) is 5.02 Å². The van der Waals surface area contributed by atoms with Gasteiger partial charge in [-0.1, -0.05) is 25.4 Å². The van der Waals surface area contributed by atoms with E-state index in [1.54, 1.807) is 6.92 Å². The van der Waals surface area contributed by atoms with Crippen molar-refractivity contribution in [1.82, 2.24) is 0 Å². The van der Waals surface area contributed by atoms with E-state index in [2.05, 4.69) is 4.74 Å². The van der Waals surface area contributed by atoms with Crippen LogP contribution in [-0.4, -0.2) is 12.8 Å². The Morgan fingerprint density at radius 1 is 1.29 bits per heavy atom. The van der Waals surface area contributed by atoms with E-state index in [0.29, 0.717) is 11.3 Å². The molecule has 2 N–H and O–H groups in total. The second-order valence-corrected chi connectivity index (χ2v) is 3.46. The predicted molar refractivity (Wildman–Crippen MR) is 63.5 cm³/mol. The minimum Gasteiger partial charge on any atom is -0.482 e. The molecule has 17 heavy (non-hydrogen) atoms. The van der Waals surface area contributed by atoms with E-state index in [0.717, 1.165) is 0 Å². The first-order valence-corrected chi connectivity index (χ1v) is 5.42. The number of nitrogens with two attached hydrogens (primary N) is 1. The van der Waals surface area contributed by atoms with Gasteiger partial charge < -0.3 is 10.5 Å². The fourth-order valence-corrected chi connectivity index (χ4v) is 1.42. The van der Waals surface area contributed by atoms with Crippen LogP contribution in [0.1, 0.15) is 19.4 Å². The van der Waals surface area contributed by atoms with Crippen LogP contribution < -0.4 is 10.5 Å². The fraction of sp³-hybridized carbons (Fsp3) is 0.455. The maximum absolute atomic E-state index is 11.9. The molecule has 0 amide bonds. The molecule has 6 heteroatoms. The van der Waals surface area contributed by atoms with Gasteiger partial charge in [0.05, 0.1) is 5.02 Å². The SMILES string of the molecule is CC.Cc1cc(N)cc(Cl)c1OCC(F)(F)F. The van der Waals surface area contributed by atoms with Crippen LogP contribution in [0.5, 0.6) is 5.75 Å². The molecule has 0 saturated carbocycles. The lowest BCUT2D eigenvalue weighted by molar-refractivity contribution is -0.153. The van der Waals surface area contributed by atoms with E-state index in [4.69, 9.17) is 17.3 Å². The Kier molecular flexibility index (Phi) is 6.16. The molecular weight excluding hydrogens is 255 g/mol. The highest BCUT2D eigenvalue weighted by Gasteiger charge is 2.29. The summed E-state index contributed by atoms with van der Waals surface area (Å²) >= 11 is 5.69. The normalized spacial score (nSPS) is 10.5. The molecule has 0 fully saturated rings. The molecule has 0 heterocycles. The van der Waals surface area contributed by atoms with Gasteiger partial charge in [-0.15, -0.1) is 0 Å². The van der Waals surface area contributed by atoms with Crippen molar-refractivity contribution in [2.75, 3.05) is 12.3 Å². The second-order valence-electron chi connectivity index (χ2n) is 3.05. The summed E-state index contributed by atoms with van der Waals surface area (Å²) in [6.45, 7) is 4.21. The van der Waals surface area contributed by atoms with E-state index in [1.165, 1.54) is 12.1 Å². The van der Waals surface area contributed by atoms with Gasteiger partial charge in [-0.3, -0.25) is 0 Å². The van der Waals surface area contributed by atoms with E-state index in [1.807, 2.05) is 13.8 Å². The van der Waals surface area contributed by atoms with Gasteiger partial charge in [-0.05, 0) is 24.6 Å². The monoisotopic (exact) mass is 269 g/mol. The van der Waals surface area contributed by atoms with Crippen molar-refractivity contribution < 1.29 is 17.9 Å². The van der Waals surface area contributed by atoms with Crippen molar-refractivity contribution in [2.45, 2.75) is 26.9 Å². The molecule has 0 radical (unpaired) electrons. The number of hydrogen-bond acceptors (Lipinski definition) is 2. The number of hydrogen-bond donors (Lipinski definition) is 1. The van der Waals surface area contributed by atoms with Gasteiger partial charge in [0.25, 0.3) is 0 Å². The standard InChI is InChI=1S/C9H9ClF3NO.C2H6/c1-5-2-6(14)3-7(10)8(5)15-4-9(11,12)13;1-2/h2-3H,4,14H2,1H3;1-2H3. The average Bonchev–Trinajstić information content (AvgIpc) is 2.17. The number of alkyl halides is 3. The molecule has 0 bridgehead atoms. The fourth-order valence-electron chi connectivity index (χ4n) is 1.09.